The van der Waals surface area contributed by atoms with Gasteiger partial charge in [-0.05, 0) is 83.0 Å². The van der Waals surface area contributed by atoms with Crippen LogP contribution in [0.3, 0.4) is 0 Å². The van der Waals surface area contributed by atoms with Crippen LogP contribution in [0.2, 0.25) is 0 Å². The van der Waals surface area contributed by atoms with E-state index in [9.17, 15) is 14.4 Å². The van der Waals surface area contributed by atoms with Crippen LogP contribution in [0.15, 0.2) is 51.8 Å². The van der Waals surface area contributed by atoms with Gasteiger partial charge >= 0.3 is 0 Å². The van der Waals surface area contributed by atoms with Crippen LogP contribution in [0, 0.1) is 26.2 Å². The SMILES string of the molecule is CCN1C(=O)C(C)(C)C(=O)N(C)c2cc(CN(CCn3ccc4oc(C)cc4c3=O)Cc3cc(C)c(C)s3)ccc21. The molecule has 8 nitrogen and oxygen atoms in total. The first-order chi connectivity index (χ1) is 19.4. The van der Waals surface area contributed by atoms with Crippen LogP contribution in [0.4, 0.5) is 11.4 Å². The van der Waals surface area contributed by atoms with Crippen LogP contribution in [-0.4, -0.2) is 41.4 Å². The van der Waals surface area contributed by atoms with Gasteiger partial charge in [0.2, 0.25) is 11.8 Å². The smallest absolute Gasteiger partial charge is 0.261 e. The standard InChI is InChI=1S/C32H38N4O4S/c1-8-36-26-10-9-23(17-27(26)33(7)30(38)32(5,6)31(36)39)18-34(19-24-15-20(2)22(4)41-24)13-14-35-12-11-28-25(29(35)37)16-21(3)40-28/h9-12,15-17H,8,13-14,18-19H2,1-7H3. The van der Waals surface area contributed by atoms with Gasteiger partial charge in [-0.1, -0.05) is 6.07 Å². The van der Waals surface area contributed by atoms with E-state index in [0.717, 1.165) is 29.2 Å². The highest BCUT2D eigenvalue weighted by atomic mass is 32.1. The summed E-state index contributed by atoms with van der Waals surface area (Å²) in [5.41, 5.74) is 3.19. The van der Waals surface area contributed by atoms with E-state index in [2.05, 4.69) is 24.8 Å². The molecule has 0 radical (unpaired) electrons. The normalized spacial score (nSPS) is 15.2. The number of aryl methyl sites for hydroxylation is 3. The van der Waals surface area contributed by atoms with Crippen molar-refractivity contribution in [3.05, 3.63) is 79.6 Å². The molecule has 5 rings (SSSR count). The van der Waals surface area contributed by atoms with Crippen molar-refractivity contribution in [2.75, 3.05) is 29.9 Å². The molecule has 3 aromatic heterocycles. The summed E-state index contributed by atoms with van der Waals surface area (Å²) >= 11 is 1.79. The lowest BCUT2D eigenvalue weighted by molar-refractivity contribution is -0.137. The van der Waals surface area contributed by atoms with Crippen LogP contribution in [0.25, 0.3) is 11.0 Å². The van der Waals surface area contributed by atoms with Crippen molar-refractivity contribution >= 4 is 45.5 Å². The molecular formula is C32H38N4O4S. The average Bonchev–Trinajstić information content (AvgIpc) is 3.46. The number of thiophene rings is 1. The van der Waals surface area contributed by atoms with Crippen LogP contribution in [0.1, 0.15) is 47.4 Å². The van der Waals surface area contributed by atoms with E-state index in [0.29, 0.717) is 37.1 Å². The van der Waals surface area contributed by atoms with Gasteiger partial charge in [0, 0.05) is 55.7 Å². The topological polar surface area (TPSA) is 79.0 Å². The predicted molar refractivity (Wildman–Crippen MR) is 165 cm³/mol. The second kappa shape index (κ2) is 10.9. The summed E-state index contributed by atoms with van der Waals surface area (Å²) < 4.78 is 7.37. The number of hydrogen-bond acceptors (Lipinski definition) is 6. The first kappa shape index (κ1) is 28.8. The molecule has 0 saturated heterocycles. The Bertz CT molecular complexity index is 1680. The Labute approximate surface area is 244 Å². The van der Waals surface area contributed by atoms with Gasteiger partial charge in [-0.2, -0.15) is 0 Å². The molecule has 0 aliphatic carbocycles. The maximum Gasteiger partial charge on any atom is 0.261 e. The molecule has 1 aliphatic rings. The summed E-state index contributed by atoms with van der Waals surface area (Å²) in [6.07, 6.45) is 1.80. The van der Waals surface area contributed by atoms with Gasteiger partial charge < -0.3 is 18.8 Å². The number of carbonyl (C=O) groups is 2. The Morgan fingerprint density at radius 3 is 2.39 bits per heavy atom. The molecule has 2 amide bonds. The molecule has 216 valence electrons. The molecule has 1 aliphatic heterocycles. The van der Waals surface area contributed by atoms with Crippen molar-refractivity contribution in [2.24, 2.45) is 5.41 Å². The van der Waals surface area contributed by atoms with Gasteiger partial charge in [0.15, 0.2) is 0 Å². The first-order valence-electron chi connectivity index (χ1n) is 14.0. The summed E-state index contributed by atoms with van der Waals surface area (Å²) in [4.78, 5) is 48.0. The molecule has 41 heavy (non-hydrogen) atoms. The van der Waals surface area contributed by atoms with E-state index in [4.69, 9.17) is 4.42 Å². The Morgan fingerprint density at radius 2 is 1.71 bits per heavy atom. The molecule has 4 aromatic rings. The van der Waals surface area contributed by atoms with Crippen LogP contribution in [-0.2, 0) is 29.2 Å². The third kappa shape index (κ3) is 5.36. The second-order valence-corrected chi connectivity index (χ2v) is 12.8. The number of carbonyl (C=O) groups excluding carboxylic acids is 2. The highest BCUT2D eigenvalue weighted by Crippen LogP contribution is 2.39. The van der Waals surface area contributed by atoms with Gasteiger partial charge in [-0.3, -0.25) is 19.3 Å². The third-order valence-corrected chi connectivity index (χ3v) is 9.21. The maximum absolute atomic E-state index is 13.3. The fourth-order valence-corrected chi connectivity index (χ4v) is 6.69. The minimum Gasteiger partial charge on any atom is -0.461 e. The lowest BCUT2D eigenvalue weighted by Crippen LogP contribution is -2.47. The van der Waals surface area contributed by atoms with Gasteiger partial charge in [0.1, 0.15) is 16.8 Å². The number of benzene rings is 1. The van der Waals surface area contributed by atoms with Crippen molar-refractivity contribution in [1.29, 1.82) is 0 Å². The molecule has 0 spiro atoms. The number of aromatic nitrogens is 1. The zero-order valence-electron chi connectivity index (χ0n) is 24.9. The van der Waals surface area contributed by atoms with Crippen LogP contribution in [0.5, 0.6) is 0 Å². The largest absolute Gasteiger partial charge is 0.461 e. The summed E-state index contributed by atoms with van der Waals surface area (Å²) in [7, 11) is 1.74. The molecule has 0 N–H and O–H groups in total. The summed E-state index contributed by atoms with van der Waals surface area (Å²) in [5, 5.41) is 0.595. The lowest BCUT2D eigenvalue weighted by atomic mass is 9.90. The summed E-state index contributed by atoms with van der Waals surface area (Å²) in [6, 6.07) is 11.9. The Balaban J connectivity index is 1.46. The Kier molecular flexibility index (Phi) is 7.70. The number of anilines is 2. The fourth-order valence-electron chi connectivity index (χ4n) is 5.59. The monoisotopic (exact) mass is 574 g/mol. The molecule has 0 atom stereocenters. The van der Waals surface area contributed by atoms with Crippen LogP contribution < -0.4 is 15.4 Å². The minimum absolute atomic E-state index is 0.0563. The number of rotatable bonds is 8. The molecule has 0 bridgehead atoms. The number of pyridine rings is 1. The number of fused-ring (bicyclic) bond motifs is 2. The number of nitrogens with zero attached hydrogens (tertiary/aromatic N) is 4. The van der Waals surface area contributed by atoms with Gasteiger partial charge in [0.25, 0.3) is 5.56 Å². The zero-order chi connectivity index (χ0) is 29.6. The highest BCUT2D eigenvalue weighted by molar-refractivity contribution is 7.12. The van der Waals surface area contributed by atoms with E-state index in [1.807, 2.05) is 38.1 Å². The average molecular weight is 575 g/mol. The minimum atomic E-state index is -1.15. The summed E-state index contributed by atoms with van der Waals surface area (Å²) in [5.74, 6) is 0.310. The predicted octanol–water partition coefficient (Wildman–Crippen LogP) is 5.64. The number of furan rings is 1. The molecule has 1 aromatic carbocycles. The molecule has 9 heteroatoms. The fraction of sp³-hybridized carbons (Fsp3) is 0.406. The van der Waals surface area contributed by atoms with Gasteiger partial charge in [0.05, 0.1) is 16.8 Å². The Morgan fingerprint density at radius 1 is 0.951 bits per heavy atom. The lowest BCUT2D eigenvalue weighted by Gasteiger charge is -2.27. The number of hydrogen-bond donors (Lipinski definition) is 0. The first-order valence-corrected chi connectivity index (χ1v) is 14.8. The zero-order valence-corrected chi connectivity index (χ0v) is 25.7. The van der Waals surface area contributed by atoms with Crippen molar-refractivity contribution in [3.63, 3.8) is 0 Å². The molecule has 0 unspecified atom stereocenters. The van der Waals surface area contributed by atoms with Crippen LogP contribution >= 0.6 is 11.3 Å². The van der Waals surface area contributed by atoms with E-state index < -0.39 is 5.41 Å². The summed E-state index contributed by atoms with van der Waals surface area (Å²) in [6.45, 7) is 14.4. The molecule has 0 fully saturated rings. The van der Waals surface area contributed by atoms with Crippen molar-refractivity contribution in [2.45, 2.75) is 61.2 Å². The highest BCUT2D eigenvalue weighted by Gasteiger charge is 2.45. The van der Waals surface area contributed by atoms with Crippen molar-refractivity contribution < 1.29 is 14.0 Å². The molecular weight excluding hydrogens is 536 g/mol. The van der Waals surface area contributed by atoms with Gasteiger partial charge in [-0.25, -0.2) is 0 Å². The van der Waals surface area contributed by atoms with E-state index in [1.165, 1.54) is 15.3 Å². The number of amides is 2. The molecule has 4 heterocycles. The van der Waals surface area contributed by atoms with E-state index in [-0.39, 0.29) is 17.4 Å². The second-order valence-electron chi connectivity index (χ2n) is 11.5. The Hall–Kier alpha value is -3.69. The van der Waals surface area contributed by atoms with Crippen molar-refractivity contribution in [3.8, 4) is 0 Å². The van der Waals surface area contributed by atoms with Gasteiger partial charge in [-0.15, -0.1) is 11.3 Å². The van der Waals surface area contributed by atoms with E-state index >= 15 is 0 Å². The maximum atomic E-state index is 13.3. The quantitative estimate of drug-likeness (QED) is 0.255. The van der Waals surface area contributed by atoms with E-state index in [1.54, 1.807) is 58.9 Å². The van der Waals surface area contributed by atoms with Crippen molar-refractivity contribution in [1.82, 2.24) is 9.47 Å². The molecule has 0 saturated carbocycles. The third-order valence-electron chi connectivity index (χ3n) is 8.07.